The fraction of sp³-hybridized carbons (Fsp3) is 0.429. The molecule has 9 heteroatoms. The molecular weight excluding hydrogens is 311 g/mol. The second kappa shape index (κ2) is 6.35. The third-order valence-electron chi connectivity index (χ3n) is 2.91. The van der Waals surface area contributed by atoms with E-state index < -0.39 is 30.2 Å². The third-order valence-corrected chi connectivity index (χ3v) is 2.91. The number of carbonyl (C=O) groups excluding carboxylic acids is 1. The average molecular weight is 327 g/mol. The zero-order valence-electron chi connectivity index (χ0n) is 12.9. The van der Waals surface area contributed by atoms with Gasteiger partial charge < -0.3 is 0 Å². The summed E-state index contributed by atoms with van der Waals surface area (Å²) in [6.45, 7) is 4.56. The molecule has 0 fully saturated rings. The van der Waals surface area contributed by atoms with Crippen LogP contribution in [0.15, 0.2) is 24.3 Å². The van der Waals surface area contributed by atoms with Gasteiger partial charge in [0.05, 0.1) is 12.1 Å². The van der Waals surface area contributed by atoms with Crippen LogP contribution < -0.4 is 4.90 Å². The smallest absolute Gasteiger partial charge is 0.300 e. The minimum absolute atomic E-state index is 0.129. The number of hydrogen-bond acceptors (Lipinski definition) is 4. The third kappa shape index (κ3) is 4.05. The second-order valence-electron chi connectivity index (χ2n) is 5.86. The van der Waals surface area contributed by atoms with Crippen LogP contribution in [-0.2, 0) is 5.54 Å². The Bertz CT molecular complexity index is 678. The lowest BCUT2D eigenvalue weighted by atomic mass is 10.1. The Morgan fingerprint density at radius 3 is 2.35 bits per heavy atom. The zero-order valence-corrected chi connectivity index (χ0v) is 12.9. The van der Waals surface area contributed by atoms with Gasteiger partial charge in [-0.25, -0.2) is 13.2 Å². The van der Waals surface area contributed by atoms with E-state index >= 15 is 0 Å². The van der Waals surface area contributed by atoms with Crippen molar-refractivity contribution >= 4 is 11.6 Å². The molecule has 23 heavy (non-hydrogen) atoms. The molecule has 1 amide bonds. The van der Waals surface area contributed by atoms with Gasteiger partial charge in [-0.15, -0.1) is 10.2 Å². The number of carbonyl (C=O) groups is 1. The largest absolute Gasteiger partial charge is 0.300 e. The Morgan fingerprint density at radius 1 is 1.26 bits per heavy atom. The van der Waals surface area contributed by atoms with Crippen molar-refractivity contribution < 1.29 is 18.0 Å². The Labute approximate surface area is 130 Å². The average Bonchev–Trinajstić information content (AvgIpc) is 2.95. The summed E-state index contributed by atoms with van der Waals surface area (Å²) in [5.41, 5.74) is -0.376. The number of rotatable bonds is 4. The van der Waals surface area contributed by atoms with Gasteiger partial charge in [-0.2, -0.15) is 4.80 Å². The molecule has 0 atom stereocenters. The first-order valence-corrected chi connectivity index (χ1v) is 6.84. The number of aromatic nitrogens is 4. The highest BCUT2D eigenvalue weighted by atomic mass is 19.3. The van der Waals surface area contributed by atoms with Gasteiger partial charge in [0.1, 0.15) is 5.82 Å². The van der Waals surface area contributed by atoms with Gasteiger partial charge >= 0.3 is 0 Å². The quantitative estimate of drug-likeness (QED) is 0.865. The van der Waals surface area contributed by atoms with Crippen molar-refractivity contribution in [3.05, 3.63) is 35.9 Å². The Morgan fingerprint density at radius 2 is 1.87 bits per heavy atom. The van der Waals surface area contributed by atoms with Crippen LogP contribution >= 0.6 is 0 Å². The van der Waals surface area contributed by atoms with Gasteiger partial charge in [0.15, 0.2) is 0 Å². The van der Waals surface area contributed by atoms with E-state index in [1.165, 1.54) is 16.9 Å². The highest BCUT2D eigenvalue weighted by Gasteiger charge is 2.27. The molecule has 0 unspecified atom stereocenters. The van der Waals surface area contributed by atoms with Crippen LogP contribution in [0.4, 0.5) is 18.9 Å². The van der Waals surface area contributed by atoms with E-state index in [2.05, 4.69) is 15.4 Å². The number of benzene rings is 1. The van der Waals surface area contributed by atoms with Crippen LogP contribution in [0.1, 0.15) is 31.4 Å². The first-order valence-electron chi connectivity index (χ1n) is 6.84. The van der Waals surface area contributed by atoms with Gasteiger partial charge in [0.25, 0.3) is 18.2 Å². The molecule has 2 rings (SSSR count). The number of hydrogen-bond donors (Lipinski definition) is 0. The van der Waals surface area contributed by atoms with E-state index in [4.69, 9.17) is 0 Å². The minimum atomic E-state index is -2.76. The van der Waals surface area contributed by atoms with E-state index in [1.807, 2.05) is 0 Å². The van der Waals surface area contributed by atoms with Crippen molar-refractivity contribution in [1.82, 2.24) is 20.2 Å². The van der Waals surface area contributed by atoms with Crippen LogP contribution in [0, 0.1) is 5.82 Å². The van der Waals surface area contributed by atoms with E-state index in [0.29, 0.717) is 0 Å². The maximum Gasteiger partial charge on any atom is 0.300 e. The number of halogens is 3. The molecule has 0 aliphatic carbocycles. The zero-order chi connectivity index (χ0) is 17.2. The van der Waals surface area contributed by atoms with Gasteiger partial charge in [0, 0.05) is 5.69 Å². The number of amides is 1. The molecule has 0 aliphatic heterocycles. The molecule has 0 bridgehead atoms. The minimum Gasteiger partial charge on any atom is -0.300 e. The molecule has 6 nitrogen and oxygen atoms in total. The second-order valence-corrected chi connectivity index (χ2v) is 5.86. The van der Waals surface area contributed by atoms with Crippen molar-refractivity contribution in [2.45, 2.75) is 32.7 Å². The van der Waals surface area contributed by atoms with Gasteiger partial charge in [-0.1, -0.05) is 0 Å². The first kappa shape index (κ1) is 16.9. The number of tetrazole rings is 1. The van der Waals surface area contributed by atoms with Crippen LogP contribution in [0.5, 0.6) is 0 Å². The first-order chi connectivity index (χ1) is 10.7. The van der Waals surface area contributed by atoms with E-state index in [-0.39, 0.29) is 11.5 Å². The lowest BCUT2D eigenvalue weighted by Gasteiger charge is -2.21. The molecule has 124 valence electrons. The van der Waals surface area contributed by atoms with Crippen molar-refractivity contribution in [3.63, 3.8) is 0 Å². The summed E-state index contributed by atoms with van der Waals surface area (Å²) in [5, 5.41) is 11.3. The van der Waals surface area contributed by atoms with Crippen molar-refractivity contribution in [2.24, 2.45) is 0 Å². The molecule has 0 saturated carbocycles. The SMILES string of the molecule is CC(C)(C)n1nnc(C(=O)N(CC(F)F)c2ccc(F)cc2)n1. The van der Waals surface area contributed by atoms with E-state index in [0.717, 1.165) is 17.0 Å². The maximum absolute atomic E-state index is 13.0. The summed E-state index contributed by atoms with van der Waals surface area (Å²) in [6, 6.07) is 4.65. The Kier molecular flexibility index (Phi) is 4.67. The molecule has 1 aromatic heterocycles. The van der Waals surface area contributed by atoms with Gasteiger partial charge in [0.2, 0.25) is 0 Å². The summed E-state index contributed by atoms with van der Waals surface area (Å²) in [7, 11) is 0. The van der Waals surface area contributed by atoms with Crippen LogP contribution in [0.25, 0.3) is 0 Å². The molecule has 0 saturated heterocycles. The standard InChI is InChI=1S/C14H16F3N5O/c1-14(2,3)22-19-12(18-20-22)13(23)21(8-11(16)17)10-6-4-9(15)5-7-10/h4-7,11H,8H2,1-3H3. The van der Waals surface area contributed by atoms with Crippen LogP contribution in [0.2, 0.25) is 0 Å². The topological polar surface area (TPSA) is 63.9 Å². The van der Waals surface area contributed by atoms with E-state index in [1.54, 1.807) is 20.8 Å². The Hall–Kier alpha value is -2.45. The monoisotopic (exact) mass is 327 g/mol. The molecule has 0 N–H and O–H groups in total. The molecule has 1 heterocycles. The van der Waals surface area contributed by atoms with E-state index in [9.17, 15) is 18.0 Å². The summed E-state index contributed by atoms with van der Waals surface area (Å²) in [5.74, 6) is -1.66. The Balaban J connectivity index is 2.33. The number of nitrogens with zero attached hydrogens (tertiary/aromatic N) is 5. The molecule has 1 aromatic carbocycles. The lowest BCUT2D eigenvalue weighted by Crippen LogP contribution is -2.36. The number of anilines is 1. The summed E-state index contributed by atoms with van der Waals surface area (Å²) in [6.07, 6.45) is -2.76. The number of alkyl halides is 2. The maximum atomic E-state index is 13.0. The van der Waals surface area contributed by atoms with Gasteiger partial charge in [-0.05, 0) is 50.3 Å². The normalized spacial score (nSPS) is 11.8. The fourth-order valence-electron chi connectivity index (χ4n) is 1.77. The molecule has 0 spiro atoms. The summed E-state index contributed by atoms with van der Waals surface area (Å²) in [4.78, 5) is 14.5. The molecule has 2 aromatic rings. The molecular formula is C14H16F3N5O. The molecule has 0 radical (unpaired) electrons. The summed E-state index contributed by atoms with van der Waals surface area (Å²) >= 11 is 0. The molecule has 0 aliphatic rings. The van der Waals surface area contributed by atoms with Crippen molar-refractivity contribution in [2.75, 3.05) is 11.4 Å². The summed E-state index contributed by atoms with van der Waals surface area (Å²) < 4.78 is 38.6. The predicted octanol–water partition coefficient (Wildman–Crippen LogP) is 2.48. The van der Waals surface area contributed by atoms with Gasteiger partial charge in [-0.3, -0.25) is 9.69 Å². The highest BCUT2D eigenvalue weighted by molar-refractivity contribution is 6.03. The van der Waals surface area contributed by atoms with Crippen LogP contribution in [-0.4, -0.2) is 39.1 Å². The predicted molar refractivity (Wildman–Crippen MR) is 76.9 cm³/mol. The lowest BCUT2D eigenvalue weighted by molar-refractivity contribution is 0.0935. The van der Waals surface area contributed by atoms with Crippen molar-refractivity contribution in [1.29, 1.82) is 0 Å². The van der Waals surface area contributed by atoms with Crippen molar-refractivity contribution in [3.8, 4) is 0 Å². The highest BCUT2D eigenvalue weighted by Crippen LogP contribution is 2.18. The van der Waals surface area contributed by atoms with Crippen LogP contribution in [0.3, 0.4) is 0 Å². The fourth-order valence-corrected chi connectivity index (χ4v) is 1.77.